The van der Waals surface area contributed by atoms with Gasteiger partial charge in [-0.2, -0.15) is 0 Å². The van der Waals surface area contributed by atoms with E-state index in [2.05, 4.69) is 0 Å². The highest BCUT2D eigenvalue weighted by Gasteiger charge is 2.49. The van der Waals surface area contributed by atoms with Crippen LogP contribution in [0.3, 0.4) is 0 Å². The van der Waals surface area contributed by atoms with E-state index < -0.39 is 9.84 Å². The van der Waals surface area contributed by atoms with Gasteiger partial charge in [-0.05, 0) is 43.2 Å². The third-order valence-corrected chi connectivity index (χ3v) is 7.57. The summed E-state index contributed by atoms with van der Waals surface area (Å²) in [6.45, 7) is 2.87. The fraction of sp³-hybridized carbons (Fsp3) is 0.381. The number of sulfone groups is 1. The molecule has 2 aromatic rings. The molecule has 0 aliphatic carbocycles. The lowest BCUT2D eigenvalue weighted by Gasteiger charge is -2.43. The number of carbonyl (C=O) groups excluding carboxylic acids is 1. The second-order valence-corrected chi connectivity index (χ2v) is 10.2. The zero-order valence-corrected chi connectivity index (χ0v) is 17.3. The summed E-state index contributed by atoms with van der Waals surface area (Å²) in [5.74, 6) is 0.0844. The first-order chi connectivity index (χ1) is 13.3. The van der Waals surface area contributed by atoms with Crippen molar-refractivity contribution in [2.24, 2.45) is 0 Å². The number of rotatable bonds is 4. The molecule has 0 radical (unpaired) electrons. The van der Waals surface area contributed by atoms with Crippen LogP contribution in [0.5, 0.6) is 0 Å². The van der Waals surface area contributed by atoms with Gasteiger partial charge in [0, 0.05) is 23.3 Å². The first-order valence-electron chi connectivity index (χ1n) is 9.40. The minimum absolute atomic E-state index is 0.0225. The molecule has 0 unspecified atom stereocenters. The molecule has 2 atom stereocenters. The minimum atomic E-state index is -3.18. The SMILES string of the molecule is Cc1ccc(N2C(=O)CN(CCc3ccc(Cl)cc3)[C@H]3CS(=O)(=O)C[C@H]32)cc1. The molecule has 0 spiro atoms. The van der Waals surface area contributed by atoms with E-state index in [1.54, 1.807) is 4.90 Å². The Hall–Kier alpha value is -1.89. The Morgan fingerprint density at radius 2 is 1.64 bits per heavy atom. The van der Waals surface area contributed by atoms with Gasteiger partial charge in [0.25, 0.3) is 0 Å². The molecule has 2 aliphatic rings. The van der Waals surface area contributed by atoms with Gasteiger partial charge in [-0.3, -0.25) is 9.69 Å². The van der Waals surface area contributed by atoms with Crippen molar-refractivity contribution in [1.82, 2.24) is 4.90 Å². The molecular weight excluding hydrogens is 396 g/mol. The second kappa shape index (κ2) is 7.50. The molecule has 28 heavy (non-hydrogen) atoms. The van der Waals surface area contributed by atoms with Gasteiger partial charge in [-0.1, -0.05) is 41.4 Å². The van der Waals surface area contributed by atoms with Gasteiger partial charge >= 0.3 is 0 Å². The summed E-state index contributed by atoms with van der Waals surface area (Å²) in [5, 5.41) is 0.688. The Labute approximate surface area is 170 Å². The Morgan fingerprint density at radius 3 is 2.32 bits per heavy atom. The average molecular weight is 419 g/mol. The summed E-state index contributed by atoms with van der Waals surface area (Å²) in [6.07, 6.45) is 0.748. The highest BCUT2D eigenvalue weighted by molar-refractivity contribution is 7.91. The van der Waals surface area contributed by atoms with Crippen molar-refractivity contribution in [3.8, 4) is 0 Å². The van der Waals surface area contributed by atoms with Crippen molar-refractivity contribution in [2.75, 3.05) is 29.5 Å². The van der Waals surface area contributed by atoms with E-state index in [1.807, 2.05) is 60.4 Å². The van der Waals surface area contributed by atoms with Crippen LogP contribution in [0.15, 0.2) is 48.5 Å². The molecule has 0 bridgehead atoms. The fourth-order valence-electron chi connectivity index (χ4n) is 4.17. The van der Waals surface area contributed by atoms with E-state index in [9.17, 15) is 13.2 Å². The van der Waals surface area contributed by atoms with Gasteiger partial charge in [0.1, 0.15) is 0 Å². The number of benzene rings is 2. The maximum Gasteiger partial charge on any atom is 0.241 e. The monoisotopic (exact) mass is 418 g/mol. The minimum Gasteiger partial charge on any atom is -0.306 e. The number of hydrogen-bond donors (Lipinski definition) is 0. The molecule has 0 saturated carbocycles. The van der Waals surface area contributed by atoms with Gasteiger partial charge in [0.15, 0.2) is 9.84 Å². The molecule has 2 aromatic carbocycles. The molecule has 2 saturated heterocycles. The van der Waals surface area contributed by atoms with Gasteiger partial charge in [0.2, 0.25) is 5.91 Å². The third-order valence-electron chi connectivity index (χ3n) is 5.61. The summed E-state index contributed by atoms with van der Waals surface area (Å²) in [6, 6.07) is 14.8. The van der Waals surface area contributed by atoms with Crippen LogP contribution in [0.2, 0.25) is 5.02 Å². The highest BCUT2D eigenvalue weighted by atomic mass is 35.5. The average Bonchev–Trinajstić information content (AvgIpc) is 2.97. The van der Waals surface area contributed by atoms with Crippen LogP contribution in [0.1, 0.15) is 11.1 Å². The zero-order chi connectivity index (χ0) is 19.9. The largest absolute Gasteiger partial charge is 0.306 e. The fourth-order valence-corrected chi connectivity index (χ4v) is 6.27. The number of nitrogens with zero attached hydrogens (tertiary/aromatic N) is 2. The summed E-state index contributed by atoms with van der Waals surface area (Å²) in [5.41, 5.74) is 3.00. The molecule has 2 heterocycles. The van der Waals surface area contributed by atoms with Crippen molar-refractivity contribution in [2.45, 2.75) is 25.4 Å². The summed E-state index contributed by atoms with van der Waals surface area (Å²) >= 11 is 5.94. The zero-order valence-electron chi connectivity index (χ0n) is 15.7. The van der Waals surface area contributed by atoms with Crippen molar-refractivity contribution >= 4 is 33.0 Å². The Kier molecular flexibility index (Phi) is 5.21. The molecule has 1 amide bonds. The van der Waals surface area contributed by atoms with Crippen LogP contribution in [0.25, 0.3) is 0 Å². The summed E-state index contributed by atoms with van der Waals surface area (Å²) in [4.78, 5) is 16.7. The number of amides is 1. The second-order valence-electron chi connectivity index (χ2n) is 7.66. The van der Waals surface area contributed by atoms with Crippen LogP contribution in [0.4, 0.5) is 5.69 Å². The molecule has 5 nitrogen and oxygen atoms in total. The first kappa shape index (κ1) is 19.4. The number of fused-ring (bicyclic) bond motifs is 1. The van der Waals surface area contributed by atoms with E-state index in [0.29, 0.717) is 11.6 Å². The normalized spacial score (nSPS) is 24.4. The molecule has 148 valence electrons. The lowest BCUT2D eigenvalue weighted by atomic mass is 10.0. The lowest BCUT2D eigenvalue weighted by molar-refractivity contribution is -0.123. The lowest BCUT2D eigenvalue weighted by Crippen LogP contribution is -2.62. The molecule has 0 N–H and O–H groups in total. The van der Waals surface area contributed by atoms with E-state index in [1.165, 1.54) is 0 Å². The number of piperazine rings is 1. The number of halogens is 1. The first-order valence-corrected chi connectivity index (χ1v) is 11.6. The van der Waals surface area contributed by atoms with Crippen molar-refractivity contribution in [3.63, 3.8) is 0 Å². The van der Waals surface area contributed by atoms with Crippen LogP contribution < -0.4 is 4.90 Å². The van der Waals surface area contributed by atoms with Gasteiger partial charge in [-0.25, -0.2) is 8.42 Å². The van der Waals surface area contributed by atoms with Crippen molar-refractivity contribution in [1.29, 1.82) is 0 Å². The third kappa shape index (κ3) is 3.95. The number of aryl methyl sites for hydroxylation is 1. The maximum atomic E-state index is 13.0. The number of hydrogen-bond acceptors (Lipinski definition) is 4. The molecule has 2 aliphatic heterocycles. The quantitative estimate of drug-likeness (QED) is 0.766. The Balaban J connectivity index is 1.57. The Morgan fingerprint density at radius 1 is 1.00 bits per heavy atom. The standard InChI is InChI=1S/C21H23ClN2O3S/c1-15-2-8-18(9-3-15)24-20-14-28(26,27)13-19(20)23(12-21(24)25)11-10-16-4-6-17(22)7-5-16/h2-9,19-20H,10-14H2,1H3/t19-,20+/m0/s1. The predicted octanol–water partition coefficient (Wildman–Crippen LogP) is 2.71. The van der Waals surface area contributed by atoms with E-state index >= 15 is 0 Å². The number of carbonyl (C=O) groups is 1. The van der Waals surface area contributed by atoms with Crippen LogP contribution in [-0.4, -0.2) is 55.9 Å². The molecule has 4 rings (SSSR count). The summed E-state index contributed by atoms with van der Waals surface area (Å²) in [7, 11) is -3.18. The van der Waals surface area contributed by atoms with Crippen LogP contribution >= 0.6 is 11.6 Å². The van der Waals surface area contributed by atoms with E-state index in [4.69, 9.17) is 11.6 Å². The Bertz CT molecular complexity index is 974. The van der Waals surface area contributed by atoms with Gasteiger partial charge < -0.3 is 4.90 Å². The highest BCUT2D eigenvalue weighted by Crippen LogP contribution is 2.32. The maximum absolute atomic E-state index is 13.0. The smallest absolute Gasteiger partial charge is 0.241 e. The summed E-state index contributed by atoms with van der Waals surface area (Å²) < 4.78 is 24.8. The van der Waals surface area contributed by atoms with E-state index in [-0.39, 0.29) is 36.0 Å². The van der Waals surface area contributed by atoms with Gasteiger partial charge in [-0.15, -0.1) is 0 Å². The topological polar surface area (TPSA) is 57.7 Å². The predicted molar refractivity (Wildman–Crippen MR) is 112 cm³/mol. The van der Waals surface area contributed by atoms with Crippen molar-refractivity contribution < 1.29 is 13.2 Å². The van der Waals surface area contributed by atoms with Crippen molar-refractivity contribution in [3.05, 3.63) is 64.7 Å². The molecule has 0 aromatic heterocycles. The van der Waals surface area contributed by atoms with E-state index in [0.717, 1.165) is 23.2 Å². The molecule has 7 heteroatoms. The molecule has 2 fully saturated rings. The number of anilines is 1. The van der Waals surface area contributed by atoms with Crippen LogP contribution in [-0.2, 0) is 21.1 Å². The van der Waals surface area contributed by atoms with Gasteiger partial charge in [0.05, 0.1) is 24.1 Å². The van der Waals surface area contributed by atoms with Crippen LogP contribution in [0, 0.1) is 6.92 Å². The molecular formula is C21H23ClN2O3S.